The van der Waals surface area contributed by atoms with Crippen LogP contribution in [0.4, 0.5) is 0 Å². The standard InChI is InChI=1S/C16H29NO2/c1-3-19-16(18-2)12-17-11-14-9-6-8-13-7-4-5-10-15(13)14/h5,10,13-17H,3-4,6-9,11-12H2,1-2H3. The highest BCUT2D eigenvalue weighted by atomic mass is 16.7. The lowest BCUT2D eigenvalue weighted by atomic mass is 9.68. The summed E-state index contributed by atoms with van der Waals surface area (Å²) < 4.78 is 10.8. The third kappa shape index (κ3) is 4.30. The van der Waals surface area contributed by atoms with Crippen LogP contribution in [-0.4, -0.2) is 33.1 Å². The minimum atomic E-state index is -0.105. The number of methoxy groups -OCH3 is 1. The van der Waals surface area contributed by atoms with Gasteiger partial charge in [-0.1, -0.05) is 18.6 Å². The fourth-order valence-electron chi connectivity index (χ4n) is 3.65. The maximum absolute atomic E-state index is 5.49. The number of nitrogens with one attached hydrogen (secondary N) is 1. The molecule has 3 nitrogen and oxygen atoms in total. The fourth-order valence-corrected chi connectivity index (χ4v) is 3.65. The van der Waals surface area contributed by atoms with Crippen molar-refractivity contribution in [3.63, 3.8) is 0 Å². The second kappa shape index (κ2) is 8.03. The smallest absolute Gasteiger partial charge is 0.169 e. The van der Waals surface area contributed by atoms with Crippen molar-refractivity contribution >= 4 is 0 Å². The Morgan fingerprint density at radius 2 is 2.21 bits per heavy atom. The van der Waals surface area contributed by atoms with E-state index in [9.17, 15) is 0 Å². The van der Waals surface area contributed by atoms with Crippen LogP contribution < -0.4 is 5.32 Å². The Bertz CT molecular complexity index is 280. The van der Waals surface area contributed by atoms with Crippen LogP contribution in [-0.2, 0) is 9.47 Å². The summed E-state index contributed by atoms with van der Waals surface area (Å²) in [6.07, 6.45) is 11.7. The molecule has 4 unspecified atom stereocenters. The minimum Gasteiger partial charge on any atom is -0.355 e. The highest BCUT2D eigenvalue weighted by molar-refractivity contribution is 5.01. The lowest BCUT2D eigenvalue weighted by Crippen LogP contribution is -2.39. The molecule has 0 radical (unpaired) electrons. The van der Waals surface area contributed by atoms with E-state index in [-0.39, 0.29) is 6.29 Å². The molecule has 0 bridgehead atoms. The maximum atomic E-state index is 5.49. The predicted molar refractivity (Wildman–Crippen MR) is 78.0 cm³/mol. The zero-order valence-electron chi connectivity index (χ0n) is 12.4. The number of allylic oxidation sites excluding steroid dienone is 2. The molecule has 1 saturated carbocycles. The van der Waals surface area contributed by atoms with Gasteiger partial charge in [0.15, 0.2) is 6.29 Å². The van der Waals surface area contributed by atoms with Crippen LogP contribution in [0, 0.1) is 17.8 Å². The Morgan fingerprint density at radius 3 is 3.00 bits per heavy atom. The third-order valence-corrected chi connectivity index (χ3v) is 4.63. The van der Waals surface area contributed by atoms with Crippen molar-refractivity contribution < 1.29 is 9.47 Å². The first-order valence-corrected chi connectivity index (χ1v) is 7.87. The van der Waals surface area contributed by atoms with Gasteiger partial charge in [0.2, 0.25) is 0 Å². The van der Waals surface area contributed by atoms with Gasteiger partial charge in [-0.25, -0.2) is 0 Å². The van der Waals surface area contributed by atoms with E-state index in [1.807, 2.05) is 6.92 Å². The van der Waals surface area contributed by atoms with Crippen LogP contribution in [0.2, 0.25) is 0 Å². The van der Waals surface area contributed by atoms with E-state index in [2.05, 4.69) is 17.5 Å². The number of hydrogen-bond acceptors (Lipinski definition) is 3. The van der Waals surface area contributed by atoms with Gasteiger partial charge < -0.3 is 14.8 Å². The molecule has 0 amide bonds. The second-order valence-corrected chi connectivity index (χ2v) is 5.81. The van der Waals surface area contributed by atoms with E-state index in [1.165, 1.54) is 32.1 Å². The summed E-state index contributed by atoms with van der Waals surface area (Å²) >= 11 is 0. The molecule has 3 heteroatoms. The third-order valence-electron chi connectivity index (χ3n) is 4.63. The SMILES string of the molecule is CCOC(CNCC1CCCC2CCC=CC21)OC. The molecule has 1 N–H and O–H groups in total. The molecule has 0 spiro atoms. The van der Waals surface area contributed by atoms with Gasteiger partial charge in [-0.15, -0.1) is 0 Å². The summed E-state index contributed by atoms with van der Waals surface area (Å²) in [7, 11) is 1.71. The topological polar surface area (TPSA) is 30.5 Å². The van der Waals surface area contributed by atoms with Crippen LogP contribution in [0.15, 0.2) is 12.2 Å². The van der Waals surface area contributed by atoms with Gasteiger partial charge in [0.1, 0.15) is 0 Å². The Hall–Kier alpha value is -0.380. The van der Waals surface area contributed by atoms with Gasteiger partial charge in [0, 0.05) is 20.3 Å². The monoisotopic (exact) mass is 267 g/mol. The van der Waals surface area contributed by atoms with Gasteiger partial charge in [0.25, 0.3) is 0 Å². The second-order valence-electron chi connectivity index (χ2n) is 5.81. The highest BCUT2D eigenvalue weighted by Gasteiger charge is 2.32. The Kier molecular flexibility index (Phi) is 6.35. The summed E-state index contributed by atoms with van der Waals surface area (Å²) in [5, 5.41) is 3.54. The summed E-state index contributed by atoms with van der Waals surface area (Å²) in [5.41, 5.74) is 0. The average molecular weight is 267 g/mol. The molecule has 2 rings (SSSR count). The van der Waals surface area contributed by atoms with Crippen molar-refractivity contribution in [1.82, 2.24) is 5.32 Å². The molecular weight excluding hydrogens is 238 g/mol. The molecule has 0 aliphatic heterocycles. The molecule has 0 aromatic carbocycles. The zero-order valence-corrected chi connectivity index (χ0v) is 12.4. The maximum Gasteiger partial charge on any atom is 0.169 e. The normalized spacial score (nSPS) is 32.0. The van der Waals surface area contributed by atoms with Gasteiger partial charge >= 0.3 is 0 Å². The number of hydrogen-bond donors (Lipinski definition) is 1. The predicted octanol–water partition coefficient (Wildman–Crippen LogP) is 2.97. The van der Waals surface area contributed by atoms with Gasteiger partial charge in [-0.3, -0.25) is 0 Å². The molecule has 0 aromatic heterocycles. The van der Waals surface area contributed by atoms with Gasteiger partial charge in [-0.05, 0) is 56.9 Å². The van der Waals surface area contributed by atoms with Crippen LogP contribution in [0.1, 0.15) is 39.0 Å². The summed E-state index contributed by atoms with van der Waals surface area (Å²) in [4.78, 5) is 0. The zero-order chi connectivity index (χ0) is 13.5. The fraction of sp³-hybridized carbons (Fsp3) is 0.875. The largest absolute Gasteiger partial charge is 0.355 e. The molecule has 0 heterocycles. The molecule has 0 saturated heterocycles. The van der Waals surface area contributed by atoms with E-state index in [4.69, 9.17) is 9.47 Å². The Balaban J connectivity index is 1.75. The first kappa shape index (κ1) is 15.0. The number of rotatable bonds is 7. The number of fused-ring (bicyclic) bond motifs is 1. The van der Waals surface area contributed by atoms with E-state index in [0.717, 1.165) is 30.8 Å². The molecule has 110 valence electrons. The van der Waals surface area contributed by atoms with Crippen molar-refractivity contribution in [3.8, 4) is 0 Å². The van der Waals surface area contributed by atoms with Crippen molar-refractivity contribution in [2.75, 3.05) is 26.8 Å². The Labute approximate surface area is 117 Å². The van der Waals surface area contributed by atoms with E-state index >= 15 is 0 Å². The van der Waals surface area contributed by atoms with Crippen LogP contribution in [0.3, 0.4) is 0 Å². The molecule has 2 aliphatic carbocycles. The van der Waals surface area contributed by atoms with Crippen LogP contribution in [0.25, 0.3) is 0 Å². The molecule has 2 aliphatic rings. The molecule has 1 fully saturated rings. The quantitative estimate of drug-likeness (QED) is 0.568. The molecule has 4 atom stereocenters. The average Bonchev–Trinajstić information content (AvgIpc) is 2.46. The first-order valence-electron chi connectivity index (χ1n) is 7.87. The highest BCUT2D eigenvalue weighted by Crippen LogP contribution is 2.40. The number of ether oxygens (including phenoxy) is 2. The lowest BCUT2D eigenvalue weighted by molar-refractivity contribution is -0.117. The van der Waals surface area contributed by atoms with E-state index < -0.39 is 0 Å². The Morgan fingerprint density at radius 1 is 1.32 bits per heavy atom. The molecule has 0 aromatic rings. The van der Waals surface area contributed by atoms with Crippen molar-refractivity contribution in [3.05, 3.63) is 12.2 Å². The first-order chi connectivity index (χ1) is 9.35. The van der Waals surface area contributed by atoms with E-state index in [1.54, 1.807) is 7.11 Å². The summed E-state index contributed by atoms with van der Waals surface area (Å²) in [6, 6.07) is 0. The molecule has 19 heavy (non-hydrogen) atoms. The van der Waals surface area contributed by atoms with Crippen molar-refractivity contribution in [2.45, 2.75) is 45.3 Å². The van der Waals surface area contributed by atoms with Gasteiger partial charge in [0.05, 0.1) is 0 Å². The lowest BCUT2D eigenvalue weighted by Gasteiger charge is -2.39. The van der Waals surface area contributed by atoms with Gasteiger partial charge in [-0.2, -0.15) is 0 Å². The minimum absolute atomic E-state index is 0.105. The summed E-state index contributed by atoms with van der Waals surface area (Å²) in [5.74, 6) is 2.55. The van der Waals surface area contributed by atoms with Crippen LogP contribution >= 0.6 is 0 Å². The summed E-state index contributed by atoms with van der Waals surface area (Å²) in [6.45, 7) is 4.60. The van der Waals surface area contributed by atoms with Crippen molar-refractivity contribution in [1.29, 1.82) is 0 Å². The molecular formula is C16H29NO2. The van der Waals surface area contributed by atoms with Crippen LogP contribution in [0.5, 0.6) is 0 Å². The van der Waals surface area contributed by atoms with Crippen molar-refractivity contribution in [2.24, 2.45) is 17.8 Å². The van der Waals surface area contributed by atoms with E-state index in [0.29, 0.717) is 6.61 Å².